The summed E-state index contributed by atoms with van der Waals surface area (Å²) in [5, 5.41) is 17.7. The molecule has 0 aromatic heterocycles. The number of anilines is 2. The molecule has 3 rings (SSSR count). The molecule has 7 nitrogen and oxygen atoms in total. The Balaban J connectivity index is 1.83. The lowest BCUT2D eigenvalue weighted by molar-refractivity contribution is -0.879. The van der Waals surface area contributed by atoms with Gasteiger partial charge in [-0.05, 0) is 36.8 Å². The number of hydrogen-bond acceptors (Lipinski definition) is 3. The Morgan fingerprint density at radius 1 is 1.16 bits per heavy atom. The van der Waals surface area contributed by atoms with Crippen LogP contribution in [-0.2, 0) is 10.5 Å². The molecule has 0 spiro atoms. The van der Waals surface area contributed by atoms with E-state index in [4.69, 9.17) is 11.6 Å². The van der Waals surface area contributed by atoms with Crippen molar-refractivity contribution in [1.29, 1.82) is 0 Å². The zero-order valence-corrected chi connectivity index (χ0v) is 18.7. The van der Waals surface area contributed by atoms with Crippen LogP contribution in [0.15, 0.2) is 48.5 Å². The number of quaternary nitrogens is 1. The van der Waals surface area contributed by atoms with Crippen LogP contribution in [0.2, 0.25) is 5.02 Å². The van der Waals surface area contributed by atoms with Crippen molar-refractivity contribution in [3.05, 3.63) is 59.1 Å². The normalized spacial score (nSPS) is 18.8. The minimum Gasteiger partial charge on any atom is -0.359 e. The largest absolute Gasteiger partial charge is 0.359 e. The Morgan fingerprint density at radius 2 is 1.84 bits per heavy atom. The summed E-state index contributed by atoms with van der Waals surface area (Å²) in [6.45, 7) is 4.57. The van der Waals surface area contributed by atoms with Crippen LogP contribution in [0.25, 0.3) is 0 Å². The average Bonchev–Trinajstić information content (AvgIpc) is 2.76. The summed E-state index contributed by atoms with van der Waals surface area (Å²) >= 11 is 5.98. The molecular weight excluding hydrogens is 416 g/mol. The highest BCUT2D eigenvalue weighted by atomic mass is 35.5. The monoisotopic (exact) mass is 445 g/mol. The van der Waals surface area contributed by atoms with Gasteiger partial charge < -0.3 is 20.6 Å². The number of unbranched alkanes of at least 4 members (excludes halogenated alkanes) is 1. The van der Waals surface area contributed by atoms with Gasteiger partial charge in [0.05, 0.1) is 25.8 Å². The zero-order valence-electron chi connectivity index (χ0n) is 18.0. The van der Waals surface area contributed by atoms with Crippen molar-refractivity contribution < 1.29 is 19.6 Å². The van der Waals surface area contributed by atoms with Gasteiger partial charge in [-0.2, -0.15) is 0 Å². The van der Waals surface area contributed by atoms with Crippen LogP contribution in [0.1, 0.15) is 31.7 Å². The Hall–Kier alpha value is -2.61. The zero-order chi connectivity index (χ0) is 22.4. The topological polar surface area (TPSA) is 86.1 Å². The van der Waals surface area contributed by atoms with E-state index in [1.54, 1.807) is 48.5 Å². The second-order valence-corrected chi connectivity index (χ2v) is 8.32. The molecule has 166 valence electrons. The van der Waals surface area contributed by atoms with Crippen molar-refractivity contribution in [3.63, 3.8) is 0 Å². The van der Waals surface area contributed by atoms with Crippen molar-refractivity contribution >= 4 is 34.9 Å². The maximum Gasteiger partial charge on any atom is 0.329 e. The second-order valence-electron chi connectivity index (χ2n) is 7.88. The van der Waals surface area contributed by atoms with E-state index in [0.29, 0.717) is 28.5 Å². The van der Waals surface area contributed by atoms with Gasteiger partial charge in [-0.15, -0.1) is 0 Å². The SMILES string of the molecule is CCCC[NH+](C)CCCNC(=O)C1(O)c2ccccc2NC(=O)N1c1ccc(Cl)cc1. The molecule has 0 saturated heterocycles. The number of halogens is 1. The molecular formula is C23H30ClN4O3+. The van der Waals surface area contributed by atoms with Gasteiger partial charge >= 0.3 is 6.03 Å². The molecule has 8 heteroatoms. The number of nitrogens with one attached hydrogen (secondary N) is 3. The number of fused-ring (bicyclic) bond motifs is 1. The molecule has 2 aromatic carbocycles. The number of carbonyl (C=O) groups is 2. The maximum absolute atomic E-state index is 13.3. The van der Waals surface area contributed by atoms with Gasteiger partial charge in [0, 0.05) is 29.2 Å². The predicted molar refractivity (Wildman–Crippen MR) is 122 cm³/mol. The molecule has 0 aliphatic carbocycles. The van der Waals surface area contributed by atoms with E-state index in [1.165, 1.54) is 11.3 Å². The standard InChI is InChI=1S/C23H29ClN4O3/c1-3-4-15-27(2)16-7-14-25-21(29)23(31)19-8-5-6-9-20(19)26-22(30)28(23)18-12-10-17(24)11-13-18/h5-6,8-13,31H,3-4,7,14-16H2,1-2H3,(H,25,29)(H,26,30)/p+1. The van der Waals surface area contributed by atoms with Crippen molar-refractivity contribution in [2.45, 2.75) is 31.9 Å². The molecule has 1 aliphatic rings. The van der Waals surface area contributed by atoms with Gasteiger partial charge in [0.15, 0.2) is 0 Å². The van der Waals surface area contributed by atoms with Crippen LogP contribution >= 0.6 is 11.6 Å². The minimum atomic E-state index is -2.19. The summed E-state index contributed by atoms with van der Waals surface area (Å²) in [5.41, 5.74) is -1.11. The number of aliphatic hydroxyl groups is 1. The smallest absolute Gasteiger partial charge is 0.329 e. The lowest BCUT2D eigenvalue weighted by Crippen LogP contribution is -3.09. The van der Waals surface area contributed by atoms with E-state index in [-0.39, 0.29) is 0 Å². The predicted octanol–water partition coefficient (Wildman–Crippen LogP) is 2.36. The number of hydrogen-bond donors (Lipinski definition) is 4. The summed E-state index contributed by atoms with van der Waals surface area (Å²) in [5.74, 6) is -0.643. The molecule has 2 aromatic rings. The fourth-order valence-electron chi connectivity index (χ4n) is 3.77. The molecule has 1 heterocycles. The Kier molecular flexibility index (Phi) is 7.54. The minimum absolute atomic E-state index is 0.313. The molecule has 3 amide bonds. The van der Waals surface area contributed by atoms with Gasteiger partial charge in [-0.1, -0.05) is 43.1 Å². The summed E-state index contributed by atoms with van der Waals surface area (Å²) in [6, 6.07) is 12.6. The molecule has 0 radical (unpaired) electrons. The average molecular weight is 446 g/mol. The Labute approximate surface area is 188 Å². The van der Waals surface area contributed by atoms with Gasteiger partial charge in [-0.3, -0.25) is 9.69 Å². The molecule has 4 N–H and O–H groups in total. The highest BCUT2D eigenvalue weighted by molar-refractivity contribution is 6.30. The van der Waals surface area contributed by atoms with Crippen LogP contribution < -0.4 is 20.4 Å². The third kappa shape index (κ3) is 5.01. The van der Waals surface area contributed by atoms with E-state index in [1.807, 2.05) is 0 Å². The maximum atomic E-state index is 13.3. The summed E-state index contributed by atoms with van der Waals surface area (Å²) < 4.78 is 0. The van der Waals surface area contributed by atoms with Gasteiger partial charge in [0.1, 0.15) is 0 Å². The van der Waals surface area contributed by atoms with Crippen molar-refractivity contribution in [2.75, 3.05) is 36.9 Å². The van der Waals surface area contributed by atoms with Crippen LogP contribution in [0.5, 0.6) is 0 Å². The Bertz CT molecular complexity index is 921. The quantitative estimate of drug-likeness (QED) is 0.447. The van der Waals surface area contributed by atoms with Crippen molar-refractivity contribution in [2.24, 2.45) is 0 Å². The number of benzene rings is 2. The molecule has 0 saturated carbocycles. The third-order valence-electron chi connectivity index (χ3n) is 5.50. The lowest BCUT2D eigenvalue weighted by atomic mass is 9.95. The van der Waals surface area contributed by atoms with E-state index in [0.717, 1.165) is 30.8 Å². The number of nitrogens with zero attached hydrogens (tertiary/aromatic N) is 1. The number of rotatable bonds is 9. The number of carbonyl (C=O) groups excluding carboxylic acids is 2. The lowest BCUT2D eigenvalue weighted by Gasteiger charge is -2.42. The van der Waals surface area contributed by atoms with E-state index < -0.39 is 17.7 Å². The molecule has 2 atom stereocenters. The molecule has 0 fully saturated rings. The second kappa shape index (κ2) is 10.1. The van der Waals surface area contributed by atoms with Crippen LogP contribution in [0.4, 0.5) is 16.2 Å². The first kappa shape index (κ1) is 23.1. The van der Waals surface area contributed by atoms with E-state index in [2.05, 4.69) is 24.6 Å². The van der Waals surface area contributed by atoms with Gasteiger partial charge in [0.2, 0.25) is 0 Å². The van der Waals surface area contributed by atoms with Gasteiger partial charge in [0.25, 0.3) is 11.6 Å². The molecule has 0 bridgehead atoms. The summed E-state index contributed by atoms with van der Waals surface area (Å²) in [6.07, 6.45) is 3.09. The van der Waals surface area contributed by atoms with Crippen LogP contribution in [-0.4, -0.2) is 43.7 Å². The fourth-order valence-corrected chi connectivity index (χ4v) is 3.90. The van der Waals surface area contributed by atoms with Crippen LogP contribution in [0.3, 0.4) is 0 Å². The highest BCUT2D eigenvalue weighted by Crippen LogP contribution is 2.39. The first-order valence-electron chi connectivity index (χ1n) is 10.7. The molecule has 1 aliphatic heterocycles. The number of para-hydroxylation sites is 1. The molecule has 2 unspecified atom stereocenters. The van der Waals surface area contributed by atoms with E-state index in [9.17, 15) is 14.7 Å². The van der Waals surface area contributed by atoms with Crippen molar-refractivity contribution in [3.8, 4) is 0 Å². The van der Waals surface area contributed by atoms with Gasteiger partial charge in [-0.25, -0.2) is 4.79 Å². The highest BCUT2D eigenvalue weighted by Gasteiger charge is 2.51. The van der Waals surface area contributed by atoms with Crippen molar-refractivity contribution in [1.82, 2.24) is 5.32 Å². The fraction of sp³-hybridized carbons (Fsp3) is 0.391. The third-order valence-corrected chi connectivity index (χ3v) is 5.75. The number of amides is 3. The first-order valence-corrected chi connectivity index (χ1v) is 11.0. The molecule has 31 heavy (non-hydrogen) atoms. The first-order chi connectivity index (χ1) is 14.9. The summed E-state index contributed by atoms with van der Waals surface area (Å²) in [4.78, 5) is 28.7. The van der Waals surface area contributed by atoms with Crippen LogP contribution in [0, 0.1) is 0 Å². The number of urea groups is 1. The Morgan fingerprint density at radius 3 is 2.55 bits per heavy atom. The summed E-state index contributed by atoms with van der Waals surface area (Å²) in [7, 11) is 2.13. The van der Waals surface area contributed by atoms with E-state index >= 15 is 0 Å².